The van der Waals surface area contributed by atoms with Gasteiger partial charge in [0, 0.05) is 11.6 Å². The van der Waals surface area contributed by atoms with Gasteiger partial charge in [0.2, 0.25) is 0 Å². The molecule has 152 valence electrons. The average Bonchev–Trinajstić information content (AvgIpc) is 3.29. The molecule has 0 bridgehead atoms. The number of hydrogen-bond donors (Lipinski definition) is 1. The smallest absolute Gasteiger partial charge is 0.416 e. The van der Waals surface area contributed by atoms with Crippen LogP contribution in [0.5, 0.6) is 0 Å². The lowest BCUT2D eigenvalue weighted by Crippen LogP contribution is -2.19. The van der Waals surface area contributed by atoms with Crippen LogP contribution in [-0.2, 0) is 11.0 Å². The van der Waals surface area contributed by atoms with Gasteiger partial charge in [0.05, 0.1) is 21.2 Å². The minimum absolute atomic E-state index is 0.0906. The molecule has 1 aromatic heterocycles. The molecule has 2 aromatic carbocycles. The summed E-state index contributed by atoms with van der Waals surface area (Å²) in [6.07, 6.45) is -2.93. The van der Waals surface area contributed by atoms with E-state index in [4.69, 9.17) is 16.0 Å². The van der Waals surface area contributed by atoms with Crippen molar-refractivity contribution in [2.24, 2.45) is 4.99 Å². The fraction of sp³-hybridized carbons (Fsp3) is 0.0476. The zero-order chi connectivity index (χ0) is 21.3. The van der Waals surface area contributed by atoms with Crippen LogP contribution in [0.1, 0.15) is 11.3 Å². The minimum atomic E-state index is -4.47. The van der Waals surface area contributed by atoms with E-state index in [1.54, 1.807) is 18.2 Å². The summed E-state index contributed by atoms with van der Waals surface area (Å²) in [6, 6.07) is 15.2. The first-order valence-corrected chi connectivity index (χ1v) is 9.80. The molecule has 1 saturated heterocycles. The molecule has 1 amide bonds. The molecule has 0 unspecified atom stereocenters. The van der Waals surface area contributed by atoms with Crippen molar-refractivity contribution in [3.63, 3.8) is 0 Å². The molecule has 0 atom stereocenters. The summed E-state index contributed by atoms with van der Waals surface area (Å²) in [7, 11) is 0. The van der Waals surface area contributed by atoms with Crippen molar-refractivity contribution in [1.82, 2.24) is 5.32 Å². The third-order valence-electron chi connectivity index (χ3n) is 4.09. The number of amides is 1. The summed E-state index contributed by atoms with van der Waals surface area (Å²) in [5.74, 6) is 0.568. The van der Waals surface area contributed by atoms with Crippen LogP contribution in [-0.4, -0.2) is 11.1 Å². The lowest BCUT2D eigenvalue weighted by atomic mass is 10.2. The van der Waals surface area contributed by atoms with Crippen LogP contribution in [0.25, 0.3) is 17.4 Å². The zero-order valence-electron chi connectivity index (χ0n) is 15.0. The Bertz CT molecular complexity index is 1180. The second-order valence-corrected chi connectivity index (χ2v) is 7.65. The Morgan fingerprint density at radius 2 is 1.87 bits per heavy atom. The molecular weight excluding hydrogens is 437 g/mol. The molecule has 1 fully saturated rings. The van der Waals surface area contributed by atoms with Crippen molar-refractivity contribution in [3.05, 3.63) is 81.9 Å². The van der Waals surface area contributed by atoms with E-state index in [0.717, 1.165) is 29.5 Å². The maximum atomic E-state index is 12.8. The quantitative estimate of drug-likeness (QED) is 0.465. The van der Waals surface area contributed by atoms with E-state index in [-0.39, 0.29) is 10.9 Å². The number of aliphatic imine (C=N–C) groups is 1. The Balaban J connectivity index is 1.55. The largest absolute Gasteiger partial charge is 0.457 e. The monoisotopic (exact) mass is 448 g/mol. The lowest BCUT2D eigenvalue weighted by Gasteiger charge is -2.06. The molecule has 0 saturated carbocycles. The van der Waals surface area contributed by atoms with Gasteiger partial charge >= 0.3 is 6.18 Å². The van der Waals surface area contributed by atoms with Gasteiger partial charge in [-0.05, 0) is 54.2 Å². The molecule has 1 aliphatic heterocycles. The summed E-state index contributed by atoms with van der Waals surface area (Å²) >= 11 is 7.18. The summed E-state index contributed by atoms with van der Waals surface area (Å²) in [4.78, 5) is 16.6. The molecule has 0 spiro atoms. The Kier molecular flexibility index (Phi) is 5.44. The number of furan rings is 1. The van der Waals surface area contributed by atoms with Crippen LogP contribution >= 0.6 is 23.4 Å². The van der Waals surface area contributed by atoms with Crippen molar-refractivity contribution in [2.75, 3.05) is 0 Å². The van der Waals surface area contributed by atoms with Gasteiger partial charge in [-0.15, -0.1) is 0 Å². The van der Waals surface area contributed by atoms with Crippen molar-refractivity contribution in [1.29, 1.82) is 0 Å². The van der Waals surface area contributed by atoms with Crippen molar-refractivity contribution < 1.29 is 22.4 Å². The predicted molar refractivity (Wildman–Crippen MR) is 111 cm³/mol. The van der Waals surface area contributed by atoms with Gasteiger partial charge in [0.25, 0.3) is 5.91 Å². The van der Waals surface area contributed by atoms with Gasteiger partial charge in [-0.25, -0.2) is 4.99 Å². The van der Waals surface area contributed by atoms with E-state index >= 15 is 0 Å². The first kappa shape index (κ1) is 20.3. The first-order chi connectivity index (χ1) is 14.3. The van der Waals surface area contributed by atoms with Crippen LogP contribution in [0, 0.1) is 0 Å². The SMILES string of the molecule is O=C1NC(=Nc2cccc(C(F)(F)F)c2)SC1=Cc1ccc(-c2ccccc2Cl)o1. The highest BCUT2D eigenvalue weighted by atomic mass is 35.5. The van der Waals surface area contributed by atoms with Crippen LogP contribution in [0.15, 0.2) is 75.0 Å². The topological polar surface area (TPSA) is 54.6 Å². The molecule has 4 rings (SSSR count). The fourth-order valence-corrected chi connectivity index (χ4v) is 3.77. The van der Waals surface area contributed by atoms with Gasteiger partial charge in [-0.2, -0.15) is 13.2 Å². The highest BCUT2D eigenvalue weighted by molar-refractivity contribution is 8.18. The number of nitrogens with one attached hydrogen (secondary N) is 1. The normalized spacial score (nSPS) is 17.0. The van der Waals surface area contributed by atoms with Crippen molar-refractivity contribution >= 4 is 46.2 Å². The predicted octanol–water partition coefficient (Wildman–Crippen LogP) is 6.51. The van der Waals surface area contributed by atoms with Gasteiger partial charge in [-0.1, -0.05) is 29.8 Å². The summed E-state index contributed by atoms with van der Waals surface area (Å²) in [5, 5.41) is 3.26. The number of carbonyl (C=O) groups is 1. The number of carbonyl (C=O) groups excluding carboxylic acids is 1. The minimum Gasteiger partial charge on any atom is -0.457 e. The third kappa shape index (κ3) is 4.44. The number of benzene rings is 2. The number of alkyl halides is 3. The van der Waals surface area contributed by atoms with Gasteiger partial charge < -0.3 is 9.73 Å². The molecule has 30 heavy (non-hydrogen) atoms. The molecular formula is C21H12ClF3N2O2S. The van der Waals surface area contributed by atoms with Crippen molar-refractivity contribution in [2.45, 2.75) is 6.18 Å². The molecule has 9 heteroatoms. The number of nitrogens with zero attached hydrogens (tertiary/aromatic N) is 1. The van der Waals surface area contributed by atoms with Crippen LogP contribution in [0.2, 0.25) is 5.02 Å². The summed E-state index contributed by atoms with van der Waals surface area (Å²) in [6.45, 7) is 0. The van der Waals surface area contributed by atoms with E-state index < -0.39 is 17.6 Å². The summed E-state index contributed by atoms with van der Waals surface area (Å²) < 4.78 is 44.3. The number of rotatable bonds is 3. The van der Waals surface area contributed by atoms with Crippen LogP contribution < -0.4 is 5.32 Å². The standard InChI is InChI=1S/C21H12ClF3N2O2S/c22-16-7-2-1-6-15(16)17-9-8-14(29-17)11-18-19(28)27-20(30-18)26-13-5-3-4-12(10-13)21(23,24)25/h1-11H,(H,26,27,28). The molecule has 3 aromatic rings. The molecule has 0 aliphatic carbocycles. The molecule has 1 aliphatic rings. The van der Waals surface area contributed by atoms with E-state index in [0.29, 0.717) is 21.4 Å². The third-order valence-corrected chi connectivity index (χ3v) is 5.33. The van der Waals surface area contributed by atoms with Crippen LogP contribution in [0.3, 0.4) is 0 Å². The lowest BCUT2D eigenvalue weighted by molar-refractivity contribution is -0.137. The van der Waals surface area contributed by atoms with Crippen molar-refractivity contribution in [3.8, 4) is 11.3 Å². The second-order valence-electron chi connectivity index (χ2n) is 6.21. The van der Waals surface area contributed by atoms with Gasteiger partial charge in [-0.3, -0.25) is 4.79 Å². The number of hydrogen-bond acceptors (Lipinski definition) is 4. The Labute approximate surface area is 178 Å². The molecule has 2 heterocycles. The Morgan fingerprint density at radius 3 is 2.63 bits per heavy atom. The van der Waals surface area contributed by atoms with Crippen LogP contribution in [0.4, 0.5) is 18.9 Å². The average molecular weight is 449 g/mol. The highest BCUT2D eigenvalue weighted by Crippen LogP contribution is 2.34. The second kappa shape index (κ2) is 8.04. The van der Waals surface area contributed by atoms with E-state index in [1.807, 2.05) is 18.2 Å². The van der Waals surface area contributed by atoms with E-state index in [9.17, 15) is 18.0 Å². The van der Waals surface area contributed by atoms with Gasteiger partial charge in [0.15, 0.2) is 5.17 Å². The Hall–Kier alpha value is -2.97. The maximum absolute atomic E-state index is 12.8. The van der Waals surface area contributed by atoms with Gasteiger partial charge in [0.1, 0.15) is 11.5 Å². The number of thioether (sulfide) groups is 1. The molecule has 1 N–H and O–H groups in total. The van der Waals surface area contributed by atoms with E-state index in [1.165, 1.54) is 18.2 Å². The summed E-state index contributed by atoms with van der Waals surface area (Å²) in [5.41, 5.74) is 0.00384. The molecule has 4 nitrogen and oxygen atoms in total. The maximum Gasteiger partial charge on any atom is 0.416 e. The number of amidine groups is 1. The first-order valence-electron chi connectivity index (χ1n) is 8.61. The zero-order valence-corrected chi connectivity index (χ0v) is 16.6. The fourth-order valence-electron chi connectivity index (χ4n) is 2.71. The highest BCUT2D eigenvalue weighted by Gasteiger charge is 2.30. The molecule has 0 radical (unpaired) electrons. The number of halogens is 4. The van der Waals surface area contributed by atoms with E-state index in [2.05, 4.69) is 10.3 Å². The Morgan fingerprint density at radius 1 is 1.07 bits per heavy atom.